The van der Waals surface area contributed by atoms with E-state index in [-0.39, 0.29) is 24.7 Å². The van der Waals surface area contributed by atoms with Gasteiger partial charge in [0.05, 0.1) is 7.11 Å². The molecule has 146 valence electrons. The van der Waals surface area contributed by atoms with Gasteiger partial charge in [0.25, 0.3) is 0 Å². The van der Waals surface area contributed by atoms with Gasteiger partial charge in [-0.2, -0.15) is 0 Å². The molecule has 0 aromatic heterocycles. The van der Waals surface area contributed by atoms with Gasteiger partial charge in [0, 0.05) is 30.6 Å². The second-order valence-corrected chi connectivity index (χ2v) is 6.59. The monoisotopic (exact) mass is 381 g/mol. The molecule has 1 aliphatic rings. The maximum absolute atomic E-state index is 12.2. The van der Waals surface area contributed by atoms with E-state index in [0.717, 1.165) is 23.4 Å². The molecule has 6 heteroatoms. The Kier molecular flexibility index (Phi) is 6.42. The first kappa shape index (κ1) is 19.6. The molecule has 0 bridgehead atoms. The number of ether oxygens (including phenoxy) is 2. The third-order valence-corrected chi connectivity index (χ3v) is 4.73. The summed E-state index contributed by atoms with van der Waals surface area (Å²) in [7, 11) is 1.58. The molecule has 6 nitrogen and oxygen atoms in total. The minimum atomic E-state index is -0.432. The number of aryl methyl sites for hydroxylation is 1. The molecule has 1 aliphatic heterocycles. The van der Waals surface area contributed by atoms with Crippen molar-refractivity contribution in [2.24, 2.45) is 0 Å². The maximum Gasteiger partial charge on any atom is 0.306 e. The molecule has 1 heterocycles. The average Bonchev–Trinajstić information content (AvgIpc) is 3.16. The maximum atomic E-state index is 12.2. The van der Waals surface area contributed by atoms with E-state index in [0.29, 0.717) is 24.9 Å². The fourth-order valence-electron chi connectivity index (χ4n) is 3.20. The lowest BCUT2D eigenvalue weighted by molar-refractivity contribution is -0.142. The lowest BCUT2D eigenvalue weighted by Gasteiger charge is -2.15. The number of Topliss-reactive ketones (excluding diaryl/α,β-unsaturated/α-hetero) is 1. The van der Waals surface area contributed by atoms with Gasteiger partial charge in [-0.3, -0.25) is 14.4 Å². The lowest BCUT2D eigenvalue weighted by Crippen LogP contribution is -2.23. The van der Waals surface area contributed by atoms with Crippen LogP contribution in [0.25, 0.3) is 0 Å². The highest BCUT2D eigenvalue weighted by atomic mass is 16.5. The topological polar surface area (TPSA) is 72.9 Å². The molecule has 1 amide bonds. The van der Waals surface area contributed by atoms with Crippen LogP contribution in [0.1, 0.15) is 35.2 Å². The van der Waals surface area contributed by atoms with Crippen LogP contribution in [0.3, 0.4) is 0 Å². The third-order valence-electron chi connectivity index (χ3n) is 4.73. The zero-order valence-electron chi connectivity index (χ0n) is 15.8. The Hall–Kier alpha value is -3.15. The van der Waals surface area contributed by atoms with Gasteiger partial charge in [-0.05, 0) is 48.7 Å². The van der Waals surface area contributed by atoms with E-state index >= 15 is 0 Å². The van der Waals surface area contributed by atoms with Gasteiger partial charge in [0.2, 0.25) is 5.91 Å². The van der Waals surface area contributed by atoms with Crippen molar-refractivity contribution >= 4 is 23.3 Å². The van der Waals surface area contributed by atoms with Crippen molar-refractivity contribution in [1.82, 2.24) is 0 Å². The van der Waals surface area contributed by atoms with E-state index in [9.17, 15) is 14.4 Å². The molecule has 1 fully saturated rings. The number of para-hydroxylation sites is 1. The molecule has 2 aromatic carbocycles. The molecule has 0 aliphatic carbocycles. The van der Waals surface area contributed by atoms with Crippen molar-refractivity contribution in [3.05, 3.63) is 59.7 Å². The van der Waals surface area contributed by atoms with Crippen molar-refractivity contribution in [3.8, 4) is 5.75 Å². The molecule has 0 spiro atoms. The van der Waals surface area contributed by atoms with Crippen LogP contribution in [0.4, 0.5) is 5.69 Å². The number of ketones is 1. The number of benzene rings is 2. The first-order valence-corrected chi connectivity index (χ1v) is 9.29. The predicted octanol–water partition coefficient (Wildman–Crippen LogP) is 3.18. The van der Waals surface area contributed by atoms with Crippen LogP contribution in [-0.4, -0.2) is 37.9 Å². The number of esters is 1. The van der Waals surface area contributed by atoms with E-state index in [1.165, 1.54) is 0 Å². The van der Waals surface area contributed by atoms with Gasteiger partial charge < -0.3 is 14.4 Å². The van der Waals surface area contributed by atoms with Gasteiger partial charge >= 0.3 is 5.97 Å². The Bertz CT molecular complexity index is 859. The number of hydrogen-bond acceptors (Lipinski definition) is 5. The Balaban J connectivity index is 1.48. The van der Waals surface area contributed by atoms with Crippen molar-refractivity contribution in [3.63, 3.8) is 0 Å². The molecule has 0 radical (unpaired) electrons. The van der Waals surface area contributed by atoms with Crippen LogP contribution in [-0.2, 0) is 20.7 Å². The molecule has 0 unspecified atom stereocenters. The first-order valence-electron chi connectivity index (χ1n) is 9.29. The molecule has 28 heavy (non-hydrogen) atoms. The zero-order valence-corrected chi connectivity index (χ0v) is 15.8. The summed E-state index contributed by atoms with van der Waals surface area (Å²) in [5.74, 6) is 0.120. The van der Waals surface area contributed by atoms with Gasteiger partial charge in [-0.25, -0.2) is 0 Å². The molecule has 0 N–H and O–H groups in total. The van der Waals surface area contributed by atoms with E-state index in [2.05, 4.69) is 0 Å². The smallest absolute Gasteiger partial charge is 0.306 e. The average molecular weight is 381 g/mol. The highest BCUT2D eigenvalue weighted by molar-refractivity contribution is 5.99. The first-order chi connectivity index (χ1) is 13.6. The Morgan fingerprint density at radius 2 is 1.82 bits per heavy atom. The Morgan fingerprint density at radius 3 is 2.50 bits per heavy atom. The number of rotatable bonds is 8. The summed E-state index contributed by atoms with van der Waals surface area (Å²) in [6.45, 7) is 0.405. The standard InChI is InChI=1S/C22H23NO5/c1-27-20-6-3-2-5-17(20)10-13-22(26)28-15-19(24)16-8-11-18(12-9-16)23-14-4-7-21(23)25/h2-3,5-6,8-9,11-12H,4,7,10,13-15H2,1H3. The molecular weight excluding hydrogens is 358 g/mol. The van der Waals surface area contributed by atoms with Crippen molar-refractivity contribution in [2.75, 3.05) is 25.2 Å². The summed E-state index contributed by atoms with van der Waals surface area (Å²) >= 11 is 0. The van der Waals surface area contributed by atoms with Crippen LogP contribution >= 0.6 is 0 Å². The fourth-order valence-corrected chi connectivity index (χ4v) is 3.20. The number of anilines is 1. The quantitative estimate of drug-likeness (QED) is 0.519. The number of amides is 1. The van der Waals surface area contributed by atoms with E-state index in [1.54, 1.807) is 36.3 Å². The van der Waals surface area contributed by atoms with E-state index < -0.39 is 5.97 Å². The number of carbonyl (C=O) groups excluding carboxylic acids is 3. The minimum absolute atomic E-state index is 0.100. The van der Waals surface area contributed by atoms with E-state index in [4.69, 9.17) is 9.47 Å². The number of nitrogens with zero attached hydrogens (tertiary/aromatic N) is 1. The lowest BCUT2D eigenvalue weighted by atomic mass is 10.1. The van der Waals surface area contributed by atoms with Crippen LogP contribution in [0.2, 0.25) is 0 Å². The molecule has 1 saturated heterocycles. The minimum Gasteiger partial charge on any atom is -0.496 e. The van der Waals surface area contributed by atoms with Gasteiger partial charge in [0.15, 0.2) is 12.4 Å². The van der Waals surface area contributed by atoms with Crippen molar-refractivity contribution < 1.29 is 23.9 Å². The largest absolute Gasteiger partial charge is 0.496 e. The Labute approximate surface area is 164 Å². The van der Waals surface area contributed by atoms with Crippen molar-refractivity contribution in [1.29, 1.82) is 0 Å². The van der Waals surface area contributed by atoms with E-state index in [1.807, 2.05) is 24.3 Å². The molecular formula is C22H23NO5. The SMILES string of the molecule is COc1ccccc1CCC(=O)OCC(=O)c1ccc(N2CCCC2=O)cc1. The summed E-state index contributed by atoms with van der Waals surface area (Å²) in [4.78, 5) is 37.7. The summed E-state index contributed by atoms with van der Waals surface area (Å²) < 4.78 is 10.4. The van der Waals surface area contributed by atoms with Gasteiger partial charge in [0.1, 0.15) is 5.75 Å². The number of methoxy groups -OCH3 is 1. The van der Waals surface area contributed by atoms with Crippen molar-refractivity contribution in [2.45, 2.75) is 25.7 Å². The van der Waals surface area contributed by atoms with Crippen LogP contribution in [0.5, 0.6) is 5.75 Å². The highest BCUT2D eigenvalue weighted by Crippen LogP contribution is 2.22. The number of hydrogen-bond donors (Lipinski definition) is 0. The summed E-state index contributed by atoms with van der Waals surface area (Å²) in [5.41, 5.74) is 2.15. The van der Waals surface area contributed by atoms with Gasteiger partial charge in [-0.15, -0.1) is 0 Å². The summed E-state index contributed by atoms with van der Waals surface area (Å²) in [5, 5.41) is 0. The molecule has 2 aromatic rings. The molecule has 0 saturated carbocycles. The predicted molar refractivity (Wildman–Crippen MR) is 105 cm³/mol. The van der Waals surface area contributed by atoms with Crippen LogP contribution < -0.4 is 9.64 Å². The fraction of sp³-hybridized carbons (Fsp3) is 0.318. The second-order valence-electron chi connectivity index (χ2n) is 6.59. The zero-order chi connectivity index (χ0) is 19.9. The van der Waals surface area contributed by atoms with Crippen LogP contribution in [0, 0.1) is 0 Å². The van der Waals surface area contributed by atoms with Crippen LogP contribution in [0.15, 0.2) is 48.5 Å². The second kappa shape index (κ2) is 9.17. The molecule has 3 rings (SSSR count). The van der Waals surface area contributed by atoms with Gasteiger partial charge in [-0.1, -0.05) is 18.2 Å². The normalized spacial score (nSPS) is 13.5. The third kappa shape index (κ3) is 4.76. The summed E-state index contributed by atoms with van der Waals surface area (Å²) in [6.07, 6.45) is 2.06. The highest BCUT2D eigenvalue weighted by Gasteiger charge is 2.21. The Morgan fingerprint density at radius 1 is 1.07 bits per heavy atom. The summed E-state index contributed by atoms with van der Waals surface area (Å²) in [6, 6.07) is 14.3. The number of carbonyl (C=O) groups is 3. The molecule has 0 atom stereocenters.